The third-order valence-corrected chi connectivity index (χ3v) is 9.38. The Morgan fingerprint density at radius 3 is 1.68 bits per heavy atom. The van der Waals surface area contributed by atoms with E-state index in [2.05, 4.69) is 15.9 Å². The van der Waals surface area contributed by atoms with Crippen LogP contribution in [0.5, 0.6) is 0 Å². The molecule has 1 fully saturated rings. The van der Waals surface area contributed by atoms with Crippen molar-refractivity contribution < 1.29 is 42.9 Å². The highest BCUT2D eigenvalue weighted by Crippen LogP contribution is 2.44. The monoisotopic (exact) mass is 759 g/mol. The van der Waals surface area contributed by atoms with Gasteiger partial charge in [0.2, 0.25) is 0 Å². The predicted molar refractivity (Wildman–Crippen MR) is 193 cm³/mol. The fourth-order valence-electron chi connectivity index (χ4n) is 5.36. The number of pyridine rings is 1. The minimum atomic E-state index is -1.30. The molecule has 1 aromatic carbocycles. The minimum Gasteiger partial charge on any atom is -0.469 e. The van der Waals surface area contributed by atoms with Crippen molar-refractivity contribution in [3.05, 3.63) is 51.6 Å². The smallest absolute Gasteiger partial charge is 0.311 e. The summed E-state index contributed by atoms with van der Waals surface area (Å²) in [5, 5.41) is 0. The summed E-state index contributed by atoms with van der Waals surface area (Å²) in [6.45, 7) is 22.6. The molecule has 1 aliphatic heterocycles. The molecule has 3 rings (SSSR count). The molecule has 50 heavy (non-hydrogen) atoms. The Bertz CT molecular complexity index is 1600. The number of hydrogen-bond acceptors (Lipinski definition) is 10. The predicted octanol–water partition coefficient (Wildman–Crippen LogP) is 8.03. The van der Waals surface area contributed by atoms with Gasteiger partial charge in [-0.3, -0.25) is 24.2 Å². The molecule has 1 aromatic heterocycles. The summed E-state index contributed by atoms with van der Waals surface area (Å²) in [4.78, 5) is 58.6. The summed E-state index contributed by atoms with van der Waals surface area (Å²) in [5.41, 5.74) is -0.0231. The number of halogens is 1. The van der Waals surface area contributed by atoms with Gasteiger partial charge in [0.15, 0.2) is 18.3 Å². The Hall–Kier alpha value is -3.31. The van der Waals surface area contributed by atoms with E-state index < -0.39 is 76.1 Å². The van der Waals surface area contributed by atoms with Gasteiger partial charge in [-0.15, -0.1) is 0 Å². The molecule has 0 aliphatic carbocycles. The van der Waals surface area contributed by atoms with Crippen molar-refractivity contribution in [3.8, 4) is 11.3 Å². The lowest BCUT2D eigenvalue weighted by Gasteiger charge is -2.48. The van der Waals surface area contributed by atoms with Crippen LogP contribution in [0.15, 0.2) is 34.8 Å². The molecule has 2 heterocycles. The lowest BCUT2D eigenvalue weighted by molar-refractivity contribution is -0.260. The molecule has 10 nitrogen and oxygen atoms in total. The Kier molecular flexibility index (Phi) is 12.4. The van der Waals surface area contributed by atoms with Crippen LogP contribution >= 0.6 is 15.9 Å². The van der Waals surface area contributed by atoms with E-state index in [1.165, 1.54) is 7.11 Å². The van der Waals surface area contributed by atoms with E-state index >= 15 is 0 Å². The van der Waals surface area contributed by atoms with Gasteiger partial charge in [0.25, 0.3) is 0 Å². The fraction of sp³-hybridized carbons (Fsp3) is 0.615. The summed E-state index contributed by atoms with van der Waals surface area (Å²) in [7, 11) is 1.30. The molecule has 0 unspecified atom stereocenters. The third kappa shape index (κ3) is 9.72. The van der Waals surface area contributed by atoms with Crippen molar-refractivity contribution in [1.29, 1.82) is 0 Å². The van der Waals surface area contributed by atoms with Crippen LogP contribution in [0.3, 0.4) is 0 Å². The number of aryl methyl sites for hydroxylation is 2. The zero-order chi connectivity index (χ0) is 38.1. The highest BCUT2D eigenvalue weighted by atomic mass is 79.9. The number of carbonyl (C=O) groups is 4. The molecule has 11 heteroatoms. The number of ether oxygens (including phenoxy) is 5. The van der Waals surface area contributed by atoms with Crippen molar-refractivity contribution in [2.75, 3.05) is 7.11 Å². The maximum atomic E-state index is 13.7. The molecule has 0 spiro atoms. The van der Waals surface area contributed by atoms with E-state index in [4.69, 9.17) is 28.7 Å². The van der Waals surface area contributed by atoms with Crippen LogP contribution in [-0.4, -0.2) is 60.4 Å². The van der Waals surface area contributed by atoms with E-state index in [0.29, 0.717) is 5.56 Å². The van der Waals surface area contributed by atoms with Gasteiger partial charge < -0.3 is 23.7 Å². The first-order valence-corrected chi connectivity index (χ1v) is 17.7. The summed E-state index contributed by atoms with van der Waals surface area (Å²) >= 11 is 3.51. The topological polar surface area (TPSA) is 127 Å². The number of benzene rings is 1. The van der Waals surface area contributed by atoms with Gasteiger partial charge in [-0.05, 0) is 142 Å². The van der Waals surface area contributed by atoms with E-state index in [9.17, 15) is 19.2 Å². The van der Waals surface area contributed by atoms with E-state index in [-0.39, 0.29) is 6.42 Å². The van der Waals surface area contributed by atoms with Crippen molar-refractivity contribution in [1.82, 2.24) is 4.98 Å². The van der Waals surface area contributed by atoms with Crippen LogP contribution in [0, 0.1) is 35.5 Å². The summed E-state index contributed by atoms with van der Waals surface area (Å²) in [6.07, 6.45) is -5.73. The van der Waals surface area contributed by atoms with Crippen LogP contribution in [0.2, 0.25) is 0 Å². The second-order valence-electron chi connectivity index (χ2n) is 16.9. The molecule has 1 saturated heterocycles. The normalized spacial score (nSPS) is 21.6. The van der Waals surface area contributed by atoms with Gasteiger partial charge in [0.1, 0.15) is 12.2 Å². The Balaban J connectivity index is 2.31. The minimum absolute atomic E-state index is 0.0288. The van der Waals surface area contributed by atoms with Crippen molar-refractivity contribution in [2.45, 2.75) is 127 Å². The maximum absolute atomic E-state index is 13.7. The SMILES string of the molecule is COC(=O)C(C)(C)C[C@H]1O[C@H](c2ccc(-c3ccc(Br)c(C)n3)cc2C)[C@@H](OC(=O)C(C)(C)C)[C@H](OC(=O)C(C)(C)C)[C@@H]1OC(=O)C(C)(C)C. The summed E-state index contributed by atoms with van der Waals surface area (Å²) in [6, 6.07) is 9.59. The van der Waals surface area contributed by atoms with E-state index in [1.54, 1.807) is 76.2 Å². The third-order valence-electron chi connectivity index (χ3n) is 8.54. The molecular formula is C39H54BrNO9. The molecule has 276 valence electrons. The number of aromatic nitrogens is 1. The second kappa shape index (κ2) is 15.1. The van der Waals surface area contributed by atoms with Gasteiger partial charge in [0, 0.05) is 10.0 Å². The highest BCUT2D eigenvalue weighted by Gasteiger charge is 2.56. The quantitative estimate of drug-likeness (QED) is 0.193. The molecule has 0 saturated carbocycles. The average Bonchev–Trinajstić information content (AvgIpc) is 2.98. The molecule has 2 aromatic rings. The van der Waals surface area contributed by atoms with Gasteiger partial charge in [-0.1, -0.05) is 12.1 Å². The number of carbonyl (C=O) groups excluding carboxylic acids is 4. The molecule has 5 atom stereocenters. The van der Waals surface area contributed by atoms with Crippen LogP contribution in [0.1, 0.15) is 106 Å². The molecular weight excluding hydrogens is 706 g/mol. The standard InChI is InChI=1S/C39H54BrNO9/c1-21-19-23(26-18-17-25(40)22(2)41-26)15-16-24(21)28-30(49-33(43)37(6,7)8)31(50-34(44)38(9,10)11)29(48-32(42)36(3,4)5)27(47-28)20-39(12,13)35(45)46-14/h15-19,27-31H,20H2,1-14H3/t27-,28-,29-,30-,31-/m1/s1. The largest absolute Gasteiger partial charge is 0.469 e. The number of esters is 4. The van der Waals surface area contributed by atoms with Crippen molar-refractivity contribution in [3.63, 3.8) is 0 Å². The second-order valence-corrected chi connectivity index (χ2v) is 17.7. The van der Waals surface area contributed by atoms with E-state index in [1.807, 2.05) is 44.2 Å². The first-order chi connectivity index (χ1) is 22.8. The zero-order valence-electron chi connectivity index (χ0n) is 32.0. The number of methoxy groups -OCH3 is 1. The van der Waals surface area contributed by atoms with Crippen LogP contribution in [0.25, 0.3) is 11.3 Å². The van der Waals surface area contributed by atoms with Gasteiger partial charge in [0.05, 0.1) is 40.2 Å². The average molecular weight is 761 g/mol. The fourth-order valence-corrected chi connectivity index (χ4v) is 5.58. The van der Waals surface area contributed by atoms with Gasteiger partial charge in [-0.2, -0.15) is 0 Å². The van der Waals surface area contributed by atoms with Crippen LogP contribution < -0.4 is 0 Å². The zero-order valence-corrected chi connectivity index (χ0v) is 33.6. The summed E-state index contributed by atoms with van der Waals surface area (Å²) in [5.74, 6) is -2.24. The first kappa shape index (κ1) is 41.1. The van der Waals surface area contributed by atoms with Gasteiger partial charge >= 0.3 is 23.9 Å². The Morgan fingerprint density at radius 2 is 1.22 bits per heavy atom. The Labute approximate surface area is 305 Å². The maximum Gasteiger partial charge on any atom is 0.311 e. The van der Waals surface area contributed by atoms with Gasteiger partial charge in [-0.25, -0.2) is 0 Å². The molecule has 0 amide bonds. The van der Waals surface area contributed by atoms with Crippen LogP contribution in [0.4, 0.5) is 0 Å². The van der Waals surface area contributed by atoms with Crippen molar-refractivity contribution >= 4 is 39.8 Å². The first-order valence-electron chi connectivity index (χ1n) is 16.9. The lowest BCUT2D eigenvalue weighted by atomic mass is 9.80. The van der Waals surface area contributed by atoms with E-state index in [0.717, 1.165) is 27.0 Å². The molecule has 0 radical (unpaired) electrons. The molecule has 0 bridgehead atoms. The van der Waals surface area contributed by atoms with Crippen LogP contribution in [-0.2, 0) is 42.9 Å². The lowest BCUT2D eigenvalue weighted by Crippen LogP contribution is -2.61. The number of nitrogens with zero attached hydrogens (tertiary/aromatic N) is 1. The number of hydrogen-bond donors (Lipinski definition) is 0. The van der Waals surface area contributed by atoms with Crippen molar-refractivity contribution in [2.24, 2.45) is 21.7 Å². The Morgan fingerprint density at radius 1 is 0.720 bits per heavy atom. The summed E-state index contributed by atoms with van der Waals surface area (Å²) < 4.78 is 31.5. The molecule has 1 aliphatic rings. The molecule has 0 N–H and O–H groups in total. The number of rotatable bonds is 8. The highest BCUT2D eigenvalue weighted by molar-refractivity contribution is 9.10.